The number of hydrogen-bond donors (Lipinski definition) is 0. The first-order valence-electron chi connectivity index (χ1n) is 4.57. The molecule has 0 saturated heterocycles. The van der Waals surface area contributed by atoms with Gasteiger partial charge in [0.25, 0.3) is 5.91 Å². The second-order valence-corrected chi connectivity index (χ2v) is 4.32. The molecule has 1 amide bonds. The average molecular weight is 292 g/mol. The van der Waals surface area contributed by atoms with Gasteiger partial charge in [-0.25, -0.2) is 0 Å². The first-order valence-corrected chi connectivity index (χ1v) is 6.07. The lowest BCUT2D eigenvalue weighted by Crippen LogP contribution is -2.28. The molecule has 82 valence electrons. The fourth-order valence-corrected chi connectivity index (χ4v) is 1.60. The number of amides is 1. The largest absolute Gasteiger partial charge is 0.342 e. The number of hydrogen-bond acceptors (Lipinski definition) is 2. The number of nitrogens with zero attached hydrogens (tertiary/aromatic N) is 2. The normalized spacial score (nSPS) is 10.1. The van der Waals surface area contributed by atoms with Crippen LogP contribution in [0.4, 0.5) is 0 Å². The molecule has 1 aromatic heterocycles. The molecule has 0 aromatic carbocycles. The summed E-state index contributed by atoms with van der Waals surface area (Å²) >= 11 is 9.20. The Morgan fingerprint density at radius 1 is 1.67 bits per heavy atom. The van der Waals surface area contributed by atoms with Gasteiger partial charge in [0.1, 0.15) is 0 Å². The van der Waals surface area contributed by atoms with Gasteiger partial charge in [-0.05, 0) is 12.5 Å². The maximum atomic E-state index is 11.9. The zero-order chi connectivity index (χ0) is 11.3. The number of alkyl halides is 1. The highest BCUT2D eigenvalue weighted by Gasteiger charge is 2.13. The lowest BCUT2D eigenvalue weighted by atomic mass is 10.2. The SMILES string of the molecule is CN(CCCBr)C(=O)c1ccncc1Cl. The molecule has 0 aliphatic carbocycles. The van der Waals surface area contributed by atoms with Crippen LogP contribution in [0.5, 0.6) is 0 Å². The lowest BCUT2D eigenvalue weighted by molar-refractivity contribution is 0.0795. The molecular weight excluding hydrogens is 279 g/mol. The number of pyridine rings is 1. The van der Waals surface area contributed by atoms with Crippen LogP contribution in [0.3, 0.4) is 0 Å². The Morgan fingerprint density at radius 3 is 3.00 bits per heavy atom. The highest BCUT2D eigenvalue weighted by Crippen LogP contribution is 2.15. The third kappa shape index (κ3) is 3.47. The van der Waals surface area contributed by atoms with E-state index in [1.807, 2.05) is 0 Å². The maximum absolute atomic E-state index is 11.9. The highest BCUT2D eigenvalue weighted by atomic mass is 79.9. The molecule has 0 spiro atoms. The Labute approximate surface area is 103 Å². The summed E-state index contributed by atoms with van der Waals surface area (Å²) in [5.41, 5.74) is 0.503. The van der Waals surface area contributed by atoms with Gasteiger partial charge in [0.05, 0.1) is 10.6 Å². The molecule has 0 aliphatic heterocycles. The monoisotopic (exact) mass is 290 g/mol. The van der Waals surface area contributed by atoms with E-state index in [4.69, 9.17) is 11.6 Å². The topological polar surface area (TPSA) is 33.2 Å². The fraction of sp³-hybridized carbons (Fsp3) is 0.400. The Bertz CT molecular complexity index is 346. The number of halogens is 2. The van der Waals surface area contributed by atoms with Crippen molar-refractivity contribution in [1.82, 2.24) is 9.88 Å². The highest BCUT2D eigenvalue weighted by molar-refractivity contribution is 9.09. The summed E-state index contributed by atoms with van der Waals surface area (Å²) in [6.07, 6.45) is 3.97. The predicted octanol–water partition coefficient (Wildman–Crippen LogP) is 2.59. The van der Waals surface area contributed by atoms with Gasteiger partial charge in [-0.1, -0.05) is 27.5 Å². The van der Waals surface area contributed by atoms with Gasteiger partial charge < -0.3 is 4.90 Å². The number of rotatable bonds is 4. The summed E-state index contributed by atoms with van der Waals surface area (Å²) < 4.78 is 0. The van der Waals surface area contributed by atoms with Crippen molar-refractivity contribution in [1.29, 1.82) is 0 Å². The van der Waals surface area contributed by atoms with Crippen molar-refractivity contribution in [3.8, 4) is 0 Å². The minimum Gasteiger partial charge on any atom is -0.342 e. The summed E-state index contributed by atoms with van der Waals surface area (Å²) in [6, 6.07) is 1.63. The molecular formula is C10H12BrClN2O. The first kappa shape index (κ1) is 12.5. The molecule has 15 heavy (non-hydrogen) atoms. The van der Waals surface area contributed by atoms with E-state index in [1.54, 1.807) is 24.2 Å². The minimum atomic E-state index is -0.0663. The zero-order valence-corrected chi connectivity index (χ0v) is 10.8. The molecule has 1 rings (SSSR count). The van der Waals surface area contributed by atoms with Crippen LogP contribution in [0, 0.1) is 0 Å². The van der Waals surface area contributed by atoms with Gasteiger partial charge in [0.15, 0.2) is 0 Å². The zero-order valence-electron chi connectivity index (χ0n) is 8.41. The van der Waals surface area contributed by atoms with Crippen LogP contribution in [0.2, 0.25) is 5.02 Å². The summed E-state index contributed by atoms with van der Waals surface area (Å²) in [5, 5.41) is 1.28. The molecule has 0 radical (unpaired) electrons. The standard InChI is InChI=1S/C10H12BrClN2O/c1-14(6-2-4-11)10(15)8-3-5-13-7-9(8)12/h3,5,7H,2,4,6H2,1H3. The molecule has 0 bridgehead atoms. The number of aromatic nitrogens is 1. The van der Waals surface area contributed by atoms with Crippen molar-refractivity contribution < 1.29 is 4.79 Å². The molecule has 1 heterocycles. The minimum absolute atomic E-state index is 0.0663. The quantitative estimate of drug-likeness (QED) is 0.799. The van der Waals surface area contributed by atoms with E-state index in [9.17, 15) is 4.79 Å². The molecule has 3 nitrogen and oxygen atoms in total. The number of carbonyl (C=O) groups excluding carboxylic acids is 1. The maximum Gasteiger partial charge on any atom is 0.255 e. The van der Waals surface area contributed by atoms with Gasteiger partial charge in [0.2, 0.25) is 0 Å². The number of carbonyl (C=O) groups is 1. The van der Waals surface area contributed by atoms with Crippen molar-refractivity contribution in [3.63, 3.8) is 0 Å². The molecule has 0 atom stereocenters. The van der Waals surface area contributed by atoms with Crippen molar-refractivity contribution in [3.05, 3.63) is 29.0 Å². The third-order valence-electron chi connectivity index (χ3n) is 1.98. The summed E-state index contributed by atoms with van der Waals surface area (Å²) in [5.74, 6) is -0.0663. The van der Waals surface area contributed by atoms with E-state index < -0.39 is 0 Å². The third-order valence-corrected chi connectivity index (χ3v) is 2.84. The first-order chi connectivity index (χ1) is 7.16. The van der Waals surface area contributed by atoms with Gasteiger partial charge in [-0.15, -0.1) is 0 Å². The summed E-state index contributed by atoms with van der Waals surface area (Å²) in [6.45, 7) is 0.711. The Balaban J connectivity index is 2.72. The van der Waals surface area contributed by atoms with E-state index in [-0.39, 0.29) is 5.91 Å². The summed E-state index contributed by atoms with van der Waals surface area (Å²) in [4.78, 5) is 17.4. The lowest BCUT2D eigenvalue weighted by Gasteiger charge is -2.16. The Morgan fingerprint density at radius 2 is 2.40 bits per heavy atom. The van der Waals surface area contributed by atoms with Gasteiger partial charge >= 0.3 is 0 Å². The van der Waals surface area contributed by atoms with E-state index in [1.165, 1.54) is 6.20 Å². The van der Waals surface area contributed by atoms with Crippen molar-refractivity contribution >= 4 is 33.4 Å². The van der Waals surface area contributed by atoms with E-state index in [2.05, 4.69) is 20.9 Å². The van der Waals surface area contributed by atoms with Crippen LogP contribution in [0.25, 0.3) is 0 Å². The van der Waals surface area contributed by atoms with Crippen molar-refractivity contribution in [2.45, 2.75) is 6.42 Å². The molecule has 0 aliphatic rings. The van der Waals surface area contributed by atoms with Crippen molar-refractivity contribution in [2.75, 3.05) is 18.9 Å². The van der Waals surface area contributed by atoms with Gasteiger partial charge in [-0.3, -0.25) is 9.78 Å². The smallest absolute Gasteiger partial charge is 0.255 e. The Hall–Kier alpha value is -0.610. The van der Waals surface area contributed by atoms with Gasteiger partial charge in [0, 0.05) is 31.3 Å². The van der Waals surface area contributed by atoms with Crippen molar-refractivity contribution in [2.24, 2.45) is 0 Å². The summed E-state index contributed by atoms with van der Waals surface area (Å²) in [7, 11) is 1.77. The second kappa shape index (κ2) is 6.08. The van der Waals surface area contributed by atoms with E-state index in [0.717, 1.165) is 11.8 Å². The molecule has 0 fully saturated rings. The van der Waals surface area contributed by atoms with E-state index in [0.29, 0.717) is 17.1 Å². The Kier molecular flexibility index (Phi) is 5.05. The molecule has 0 saturated carbocycles. The van der Waals surface area contributed by atoms with Crippen LogP contribution < -0.4 is 0 Å². The molecule has 0 unspecified atom stereocenters. The second-order valence-electron chi connectivity index (χ2n) is 3.12. The van der Waals surface area contributed by atoms with Crippen LogP contribution in [-0.2, 0) is 0 Å². The molecule has 0 N–H and O–H groups in total. The predicted molar refractivity (Wildman–Crippen MR) is 64.6 cm³/mol. The van der Waals surface area contributed by atoms with Crippen LogP contribution in [0.15, 0.2) is 18.5 Å². The van der Waals surface area contributed by atoms with Crippen LogP contribution >= 0.6 is 27.5 Å². The van der Waals surface area contributed by atoms with Gasteiger partial charge in [-0.2, -0.15) is 0 Å². The fourth-order valence-electron chi connectivity index (χ4n) is 1.15. The van der Waals surface area contributed by atoms with Crippen LogP contribution in [-0.4, -0.2) is 34.7 Å². The van der Waals surface area contributed by atoms with Crippen LogP contribution in [0.1, 0.15) is 16.8 Å². The van der Waals surface area contributed by atoms with E-state index >= 15 is 0 Å². The molecule has 5 heteroatoms. The molecule has 1 aromatic rings. The average Bonchev–Trinajstić information content (AvgIpc) is 2.25.